The lowest BCUT2D eigenvalue weighted by Gasteiger charge is -2.06. The van der Waals surface area contributed by atoms with E-state index < -0.39 is 0 Å². The summed E-state index contributed by atoms with van der Waals surface area (Å²) in [6, 6.07) is 0. The minimum Gasteiger partial charge on any atom is -0.356 e. The first-order chi connectivity index (χ1) is 13.3. The van der Waals surface area contributed by atoms with Crippen LogP contribution in [0.2, 0.25) is 0 Å². The molecule has 1 N–H and O–H groups in total. The van der Waals surface area contributed by atoms with E-state index >= 15 is 0 Å². The van der Waals surface area contributed by atoms with Crippen LogP contribution >= 0.6 is 0 Å². The largest absolute Gasteiger partial charge is 0.356 e. The molecule has 0 saturated heterocycles. The maximum Gasteiger partial charge on any atom is 0.219 e. The zero-order valence-electron chi connectivity index (χ0n) is 19.0. The molecule has 2 heteroatoms. The van der Waals surface area contributed by atoms with Gasteiger partial charge < -0.3 is 5.32 Å². The molecule has 27 heavy (non-hydrogen) atoms. The van der Waals surface area contributed by atoms with Gasteiger partial charge in [0.15, 0.2) is 0 Å². The molecular formula is C25H51NO. The van der Waals surface area contributed by atoms with Crippen molar-refractivity contribution in [3.63, 3.8) is 0 Å². The Labute approximate surface area is 171 Å². The van der Waals surface area contributed by atoms with Gasteiger partial charge in [-0.05, 0) is 12.8 Å². The molecule has 0 spiro atoms. The number of nitrogens with one attached hydrogen (secondary N) is 1. The molecule has 0 aliphatic rings. The molecule has 0 rings (SSSR count). The minimum absolute atomic E-state index is 0.269. The molecule has 162 valence electrons. The molecule has 0 aromatic rings. The molecule has 0 aliphatic carbocycles. The fourth-order valence-corrected chi connectivity index (χ4v) is 3.70. The second-order valence-electron chi connectivity index (χ2n) is 8.46. The van der Waals surface area contributed by atoms with Gasteiger partial charge in [-0.2, -0.15) is 0 Å². The van der Waals surface area contributed by atoms with E-state index in [9.17, 15) is 4.79 Å². The van der Waals surface area contributed by atoms with Gasteiger partial charge in [-0.3, -0.25) is 4.79 Å². The Morgan fingerprint density at radius 3 is 1.22 bits per heavy atom. The maximum absolute atomic E-state index is 11.8. The first-order valence-electron chi connectivity index (χ1n) is 12.6. The summed E-state index contributed by atoms with van der Waals surface area (Å²) in [6.45, 7) is 5.43. The van der Waals surface area contributed by atoms with Crippen molar-refractivity contribution in [3.8, 4) is 0 Å². The number of hydrogen-bond acceptors (Lipinski definition) is 1. The van der Waals surface area contributed by atoms with Crippen molar-refractivity contribution in [1.82, 2.24) is 5.32 Å². The zero-order valence-corrected chi connectivity index (χ0v) is 19.0. The van der Waals surface area contributed by atoms with Gasteiger partial charge in [0.2, 0.25) is 5.91 Å². The summed E-state index contributed by atoms with van der Waals surface area (Å²) in [7, 11) is 0. The molecule has 0 radical (unpaired) electrons. The molecule has 0 aliphatic heterocycles. The summed E-state index contributed by atoms with van der Waals surface area (Å²) in [6.07, 6.45) is 27.5. The highest BCUT2D eigenvalue weighted by Crippen LogP contribution is 2.12. The van der Waals surface area contributed by atoms with Crippen molar-refractivity contribution >= 4 is 5.91 Å². The Morgan fingerprint density at radius 1 is 0.481 bits per heavy atom. The smallest absolute Gasteiger partial charge is 0.219 e. The highest BCUT2D eigenvalue weighted by Gasteiger charge is 2.00. The van der Waals surface area contributed by atoms with Gasteiger partial charge in [-0.1, -0.05) is 129 Å². The number of amides is 1. The van der Waals surface area contributed by atoms with E-state index in [1.165, 1.54) is 116 Å². The van der Waals surface area contributed by atoms with Crippen LogP contribution in [0.1, 0.15) is 149 Å². The molecule has 0 aromatic heterocycles. The van der Waals surface area contributed by atoms with E-state index in [4.69, 9.17) is 0 Å². The van der Waals surface area contributed by atoms with E-state index in [0.29, 0.717) is 0 Å². The van der Waals surface area contributed by atoms with E-state index in [0.717, 1.165) is 25.8 Å². The van der Waals surface area contributed by atoms with Crippen LogP contribution in [0, 0.1) is 0 Å². The third-order valence-electron chi connectivity index (χ3n) is 5.61. The fraction of sp³-hybridized carbons (Fsp3) is 0.960. The van der Waals surface area contributed by atoms with Crippen molar-refractivity contribution < 1.29 is 4.79 Å². The topological polar surface area (TPSA) is 29.1 Å². The first kappa shape index (κ1) is 26.5. The second-order valence-corrected chi connectivity index (χ2v) is 8.46. The molecule has 0 atom stereocenters. The average Bonchev–Trinajstić information content (AvgIpc) is 2.67. The highest BCUT2D eigenvalue weighted by atomic mass is 16.1. The SMILES string of the molecule is CCCCCCCCCCCCCC(=O)NCCCCCCCCCCC. The Kier molecular flexibility index (Phi) is 23.0. The molecule has 0 bridgehead atoms. The third-order valence-corrected chi connectivity index (χ3v) is 5.61. The number of rotatable bonds is 22. The normalized spacial score (nSPS) is 11.0. The molecule has 0 aromatic carbocycles. The van der Waals surface area contributed by atoms with Crippen LogP contribution in [0.5, 0.6) is 0 Å². The standard InChI is InChI=1S/C25H51NO/c1-3-5-7-9-11-13-14-15-17-19-21-23-25(27)26-24-22-20-18-16-12-10-8-6-4-2/h3-24H2,1-2H3,(H,26,27). The van der Waals surface area contributed by atoms with Crippen LogP contribution in [0.4, 0.5) is 0 Å². The summed E-state index contributed by atoms with van der Waals surface area (Å²) in [4.78, 5) is 11.8. The number of carbonyl (C=O) groups excluding carboxylic acids is 1. The number of unbranched alkanes of at least 4 members (excludes halogenated alkanes) is 18. The van der Waals surface area contributed by atoms with Crippen molar-refractivity contribution in [2.24, 2.45) is 0 Å². The Bertz CT molecular complexity index is 290. The molecule has 2 nitrogen and oxygen atoms in total. The van der Waals surface area contributed by atoms with E-state index in [-0.39, 0.29) is 5.91 Å². The van der Waals surface area contributed by atoms with Crippen LogP contribution in [0.15, 0.2) is 0 Å². The summed E-state index contributed by atoms with van der Waals surface area (Å²) in [5, 5.41) is 3.10. The van der Waals surface area contributed by atoms with Crippen LogP contribution in [0.3, 0.4) is 0 Å². The zero-order chi connectivity index (χ0) is 19.8. The van der Waals surface area contributed by atoms with Crippen LogP contribution in [-0.4, -0.2) is 12.5 Å². The molecule has 0 saturated carbocycles. The van der Waals surface area contributed by atoms with Gasteiger partial charge >= 0.3 is 0 Å². The van der Waals surface area contributed by atoms with E-state index in [1.54, 1.807) is 0 Å². The van der Waals surface area contributed by atoms with Gasteiger partial charge in [0, 0.05) is 13.0 Å². The molecule has 0 heterocycles. The van der Waals surface area contributed by atoms with Gasteiger partial charge in [0.25, 0.3) is 0 Å². The summed E-state index contributed by atoms with van der Waals surface area (Å²) in [5.41, 5.74) is 0. The quantitative estimate of drug-likeness (QED) is 0.188. The Morgan fingerprint density at radius 2 is 0.815 bits per heavy atom. The van der Waals surface area contributed by atoms with Crippen LogP contribution < -0.4 is 5.32 Å². The van der Waals surface area contributed by atoms with Crippen LogP contribution in [0.25, 0.3) is 0 Å². The van der Waals surface area contributed by atoms with Gasteiger partial charge in [-0.25, -0.2) is 0 Å². The lowest BCUT2D eigenvalue weighted by Crippen LogP contribution is -2.23. The monoisotopic (exact) mass is 381 g/mol. The lowest BCUT2D eigenvalue weighted by atomic mass is 10.1. The third kappa shape index (κ3) is 23.4. The molecular weight excluding hydrogens is 330 g/mol. The predicted molar refractivity (Wildman–Crippen MR) is 121 cm³/mol. The van der Waals surface area contributed by atoms with Gasteiger partial charge in [-0.15, -0.1) is 0 Å². The van der Waals surface area contributed by atoms with Crippen molar-refractivity contribution in [2.45, 2.75) is 149 Å². The van der Waals surface area contributed by atoms with E-state index in [1.807, 2.05) is 0 Å². The fourth-order valence-electron chi connectivity index (χ4n) is 3.70. The lowest BCUT2D eigenvalue weighted by molar-refractivity contribution is -0.121. The molecule has 0 unspecified atom stereocenters. The minimum atomic E-state index is 0.269. The van der Waals surface area contributed by atoms with Crippen molar-refractivity contribution in [2.75, 3.05) is 6.54 Å². The maximum atomic E-state index is 11.8. The Balaban J connectivity index is 3.13. The second kappa shape index (κ2) is 23.5. The predicted octanol–water partition coefficient (Wildman–Crippen LogP) is 8.33. The summed E-state index contributed by atoms with van der Waals surface area (Å²) >= 11 is 0. The average molecular weight is 382 g/mol. The van der Waals surface area contributed by atoms with Crippen molar-refractivity contribution in [1.29, 1.82) is 0 Å². The molecule has 0 fully saturated rings. The van der Waals surface area contributed by atoms with Gasteiger partial charge in [0.1, 0.15) is 0 Å². The summed E-state index contributed by atoms with van der Waals surface area (Å²) < 4.78 is 0. The number of carbonyl (C=O) groups is 1. The van der Waals surface area contributed by atoms with Crippen LogP contribution in [-0.2, 0) is 4.79 Å². The number of hydrogen-bond donors (Lipinski definition) is 1. The Hall–Kier alpha value is -0.530. The summed E-state index contributed by atoms with van der Waals surface area (Å²) in [5.74, 6) is 0.269. The first-order valence-corrected chi connectivity index (χ1v) is 12.6. The molecule has 1 amide bonds. The van der Waals surface area contributed by atoms with Gasteiger partial charge in [0.05, 0.1) is 0 Å². The van der Waals surface area contributed by atoms with Crippen molar-refractivity contribution in [3.05, 3.63) is 0 Å². The highest BCUT2D eigenvalue weighted by molar-refractivity contribution is 5.75. The van der Waals surface area contributed by atoms with E-state index in [2.05, 4.69) is 19.2 Å².